The summed E-state index contributed by atoms with van der Waals surface area (Å²) in [6.45, 7) is 4.62. The number of aliphatic carboxylic acids is 2. The molecule has 14 nitrogen and oxygen atoms in total. The van der Waals surface area contributed by atoms with Crippen LogP contribution in [0.1, 0.15) is 46.5 Å². The van der Waals surface area contributed by atoms with Crippen molar-refractivity contribution in [3.8, 4) is 0 Å². The minimum atomic E-state index is -1.76. The molecule has 0 bridgehead atoms. The van der Waals surface area contributed by atoms with Crippen LogP contribution in [0.4, 0.5) is 0 Å². The maximum Gasteiger partial charge on any atom is 0.328 e. The minimum absolute atomic E-state index is 0.233. The first-order chi connectivity index (χ1) is 15.2. The summed E-state index contributed by atoms with van der Waals surface area (Å²) in [4.78, 5) is 71.1. The highest BCUT2D eigenvalue weighted by molar-refractivity contribution is 5.95. The maximum absolute atomic E-state index is 12.7. The molecule has 0 aliphatic rings. The van der Waals surface area contributed by atoms with E-state index < -0.39 is 72.3 Å². The van der Waals surface area contributed by atoms with E-state index in [0.717, 1.165) is 6.92 Å². The SMILES string of the molecule is CCC(C)C(N)C(=O)NC(CCC(N)=O)C(=O)NC(CC(=O)O)C(=O)NC(C(=O)O)C(C)O. The summed E-state index contributed by atoms with van der Waals surface area (Å²) in [5.74, 6) is -6.96. The molecule has 188 valence electrons. The highest BCUT2D eigenvalue weighted by Gasteiger charge is 2.33. The number of carboxylic acid groups (broad SMARTS) is 2. The molecule has 0 spiro atoms. The Bertz CT molecular complexity index is 743. The van der Waals surface area contributed by atoms with E-state index in [1.807, 2.05) is 12.2 Å². The Morgan fingerprint density at radius 2 is 1.39 bits per heavy atom. The molecular formula is C19H33N5O9. The molecule has 0 radical (unpaired) electrons. The Kier molecular flexibility index (Phi) is 12.6. The normalized spacial score (nSPS) is 16.3. The zero-order valence-electron chi connectivity index (χ0n) is 18.7. The Morgan fingerprint density at radius 3 is 1.82 bits per heavy atom. The molecule has 6 atom stereocenters. The monoisotopic (exact) mass is 475 g/mol. The van der Waals surface area contributed by atoms with Crippen LogP contribution in [0.25, 0.3) is 0 Å². The molecule has 0 rings (SSSR count). The Morgan fingerprint density at radius 1 is 0.879 bits per heavy atom. The van der Waals surface area contributed by atoms with Gasteiger partial charge in [0.25, 0.3) is 0 Å². The second-order valence-corrected chi connectivity index (χ2v) is 7.70. The second-order valence-electron chi connectivity index (χ2n) is 7.70. The van der Waals surface area contributed by atoms with Crippen molar-refractivity contribution in [2.45, 2.75) is 76.7 Å². The number of aliphatic hydroxyl groups is 1. The molecule has 0 aromatic carbocycles. The predicted molar refractivity (Wildman–Crippen MR) is 113 cm³/mol. The van der Waals surface area contributed by atoms with E-state index in [9.17, 15) is 33.9 Å². The first-order valence-corrected chi connectivity index (χ1v) is 10.3. The van der Waals surface area contributed by atoms with Crippen LogP contribution in [0.2, 0.25) is 0 Å². The van der Waals surface area contributed by atoms with Gasteiger partial charge in [-0.05, 0) is 19.3 Å². The van der Waals surface area contributed by atoms with E-state index in [2.05, 4.69) is 10.6 Å². The van der Waals surface area contributed by atoms with Gasteiger partial charge in [-0.15, -0.1) is 0 Å². The standard InChI is InChI=1S/C19H33N5O9/c1-4-8(2)14(21)18(31)22-10(5-6-12(20)26)16(29)23-11(7-13(27)28)17(30)24-15(9(3)25)19(32)33/h8-11,14-15,25H,4-7,21H2,1-3H3,(H2,20,26)(H,22,31)(H,23,29)(H,24,30)(H,27,28)(H,32,33). The first kappa shape index (κ1) is 29.7. The van der Waals surface area contributed by atoms with E-state index in [1.165, 1.54) is 0 Å². The van der Waals surface area contributed by atoms with Crippen molar-refractivity contribution in [1.82, 2.24) is 16.0 Å². The number of amides is 4. The Labute approximate surface area is 190 Å². The fourth-order valence-corrected chi connectivity index (χ4v) is 2.63. The summed E-state index contributed by atoms with van der Waals surface area (Å²) in [6.07, 6.45) is -2.44. The van der Waals surface area contributed by atoms with E-state index in [0.29, 0.717) is 6.42 Å². The largest absolute Gasteiger partial charge is 0.481 e. The molecule has 10 N–H and O–H groups in total. The number of hydrogen-bond donors (Lipinski definition) is 8. The lowest BCUT2D eigenvalue weighted by Gasteiger charge is -2.26. The number of carboxylic acids is 2. The van der Waals surface area contributed by atoms with Gasteiger partial charge < -0.3 is 42.7 Å². The van der Waals surface area contributed by atoms with Gasteiger partial charge in [0.1, 0.15) is 12.1 Å². The molecule has 0 aromatic rings. The molecule has 0 aromatic heterocycles. The van der Waals surface area contributed by atoms with Crippen LogP contribution in [0.15, 0.2) is 0 Å². The smallest absolute Gasteiger partial charge is 0.328 e. The zero-order valence-corrected chi connectivity index (χ0v) is 18.7. The summed E-state index contributed by atoms with van der Waals surface area (Å²) >= 11 is 0. The van der Waals surface area contributed by atoms with Gasteiger partial charge in [-0.2, -0.15) is 0 Å². The van der Waals surface area contributed by atoms with Gasteiger partial charge in [0, 0.05) is 6.42 Å². The summed E-state index contributed by atoms with van der Waals surface area (Å²) in [6, 6.07) is -5.85. The van der Waals surface area contributed by atoms with Crippen molar-refractivity contribution in [3.05, 3.63) is 0 Å². The van der Waals surface area contributed by atoms with Crippen LogP contribution in [-0.4, -0.2) is 81.2 Å². The average molecular weight is 475 g/mol. The molecule has 0 saturated carbocycles. The highest BCUT2D eigenvalue weighted by atomic mass is 16.4. The number of carbonyl (C=O) groups is 6. The summed E-state index contributed by atoms with van der Waals surface area (Å²) in [7, 11) is 0. The van der Waals surface area contributed by atoms with Crippen molar-refractivity contribution >= 4 is 35.6 Å². The first-order valence-electron chi connectivity index (χ1n) is 10.3. The van der Waals surface area contributed by atoms with E-state index in [-0.39, 0.29) is 18.8 Å². The summed E-state index contributed by atoms with van der Waals surface area (Å²) < 4.78 is 0. The van der Waals surface area contributed by atoms with E-state index in [4.69, 9.17) is 21.7 Å². The molecule has 14 heteroatoms. The number of aliphatic hydroxyl groups excluding tert-OH is 1. The molecule has 33 heavy (non-hydrogen) atoms. The number of rotatable bonds is 15. The Hall–Kier alpha value is -3.26. The highest BCUT2D eigenvalue weighted by Crippen LogP contribution is 2.07. The van der Waals surface area contributed by atoms with Gasteiger partial charge >= 0.3 is 11.9 Å². The fraction of sp³-hybridized carbons (Fsp3) is 0.684. The van der Waals surface area contributed by atoms with Crippen LogP contribution < -0.4 is 27.4 Å². The maximum atomic E-state index is 12.7. The molecule has 0 saturated heterocycles. The molecular weight excluding hydrogens is 442 g/mol. The lowest BCUT2D eigenvalue weighted by atomic mass is 9.98. The van der Waals surface area contributed by atoms with Crippen molar-refractivity contribution in [3.63, 3.8) is 0 Å². The number of primary amides is 1. The van der Waals surface area contributed by atoms with Crippen LogP contribution in [-0.2, 0) is 28.8 Å². The minimum Gasteiger partial charge on any atom is -0.481 e. The van der Waals surface area contributed by atoms with Crippen LogP contribution in [0.3, 0.4) is 0 Å². The van der Waals surface area contributed by atoms with Gasteiger partial charge in [-0.1, -0.05) is 20.3 Å². The Balaban J connectivity index is 5.62. The van der Waals surface area contributed by atoms with E-state index >= 15 is 0 Å². The number of carbonyl (C=O) groups excluding carboxylic acids is 4. The summed E-state index contributed by atoms with van der Waals surface area (Å²) in [5.41, 5.74) is 10.9. The third kappa shape index (κ3) is 10.7. The van der Waals surface area contributed by atoms with Gasteiger partial charge in [0.2, 0.25) is 23.6 Å². The topological polar surface area (TPSA) is 251 Å². The van der Waals surface area contributed by atoms with Crippen molar-refractivity contribution in [2.24, 2.45) is 17.4 Å². The fourth-order valence-electron chi connectivity index (χ4n) is 2.63. The lowest BCUT2D eigenvalue weighted by Crippen LogP contribution is -2.59. The van der Waals surface area contributed by atoms with Gasteiger partial charge in [0.05, 0.1) is 18.6 Å². The molecule has 0 heterocycles. The van der Waals surface area contributed by atoms with Crippen molar-refractivity contribution in [2.75, 3.05) is 0 Å². The van der Waals surface area contributed by atoms with Gasteiger partial charge in [-0.25, -0.2) is 4.79 Å². The number of hydrogen-bond acceptors (Lipinski definition) is 8. The zero-order chi connectivity index (χ0) is 25.9. The van der Waals surface area contributed by atoms with E-state index in [1.54, 1.807) is 6.92 Å². The van der Waals surface area contributed by atoms with Gasteiger partial charge in [0.15, 0.2) is 6.04 Å². The molecule has 6 unspecified atom stereocenters. The van der Waals surface area contributed by atoms with Crippen molar-refractivity contribution < 1.29 is 44.1 Å². The average Bonchev–Trinajstić information content (AvgIpc) is 2.71. The number of nitrogens with one attached hydrogen (secondary N) is 3. The quantitative estimate of drug-likeness (QED) is 0.119. The summed E-state index contributed by atoms with van der Waals surface area (Å²) in [5, 5.41) is 34.1. The number of nitrogens with two attached hydrogens (primary N) is 2. The lowest BCUT2D eigenvalue weighted by molar-refractivity contribution is -0.146. The molecule has 0 aliphatic heterocycles. The van der Waals surface area contributed by atoms with Gasteiger partial charge in [-0.3, -0.25) is 24.0 Å². The predicted octanol–water partition coefficient (Wildman–Crippen LogP) is -2.98. The van der Waals surface area contributed by atoms with Crippen LogP contribution >= 0.6 is 0 Å². The molecule has 0 fully saturated rings. The van der Waals surface area contributed by atoms with Crippen molar-refractivity contribution in [1.29, 1.82) is 0 Å². The third-order valence-electron chi connectivity index (χ3n) is 4.93. The third-order valence-corrected chi connectivity index (χ3v) is 4.93. The molecule has 0 aliphatic carbocycles. The van der Waals surface area contributed by atoms with Crippen LogP contribution in [0, 0.1) is 5.92 Å². The second kappa shape index (κ2) is 14.0. The molecule has 4 amide bonds. The van der Waals surface area contributed by atoms with Crippen LogP contribution in [0.5, 0.6) is 0 Å².